The van der Waals surface area contributed by atoms with Gasteiger partial charge in [0.1, 0.15) is 12.4 Å². The Bertz CT molecular complexity index is 380. The fourth-order valence-corrected chi connectivity index (χ4v) is 2.08. The number of hydrogen-bond donors (Lipinski definition) is 0. The average molecular weight is 297 g/mol. The van der Waals surface area contributed by atoms with Gasteiger partial charge in [0, 0.05) is 6.54 Å². The molecule has 0 radical (unpaired) electrons. The number of likely N-dealkylation sites (tertiary alicyclic amines) is 1. The van der Waals surface area contributed by atoms with Crippen molar-refractivity contribution in [2.45, 2.75) is 12.8 Å². The number of ether oxygens (including phenoxy) is 1. The normalized spacial score (nSPS) is 16.2. The molecule has 0 aromatic heterocycles. The molecule has 2 nitrogen and oxygen atoms in total. The first kappa shape index (κ1) is 17.5. The van der Waals surface area contributed by atoms with Crippen LogP contribution < -0.4 is 61.6 Å². The number of halogens is 3. The summed E-state index contributed by atoms with van der Waals surface area (Å²) in [7, 11) is 0. The molecular formula is C12H16BF3KNO. The second-order valence-corrected chi connectivity index (χ2v) is 4.54. The quantitative estimate of drug-likeness (QED) is 0.661. The number of hydrogen-bond acceptors (Lipinski definition) is 2. The summed E-state index contributed by atoms with van der Waals surface area (Å²) >= 11 is 0. The zero-order valence-corrected chi connectivity index (χ0v) is 14.2. The topological polar surface area (TPSA) is 12.5 Å². The predicted molar refractivity (Wildman–Crippen MR) is 66.3 cm³/mol. The molecule has 100 valence electrons. The van der Waals surface area contributed by atoms with Crippen LogP contribution >= 0.6 is 0 Å². The minimum absolute atomic E-state index is 0. The van der Waals surface area contributed by atoms with Crippen molar-refractivity contribution >= 4 is 12.4 Å². The van der Waals surface area contributed by atoms with Crippen molar-refractivity contribution in [3.63, 3.8) is 0 Å². The van der Waals surface area contributed by atoms with Crippen molar-refractivity contribution in [2.75, 3.05) is 26.2 Å². The Hall–Kier alpha value is 0.471. The van der Waals surface area contributed by atoms with Gasteiger partial charge in [-0.25, -0.2) is 0 Å². The molecule has 2 rings (SSSR count). The van der Waals surface area contributed by atoms with Crippen molar-refractivity contribution in [1.82, 2.24) is 4.90 Å². The molecule has 0 bridgehead atoms. The summed E-state index contributed by atoms with van der Waals surface area (Å²) in [6.07, 6.45) is 2.45. The molecule has 0 aliphatic carbocycles. The van der Waals surface area contributed by atoms with Crippen LogP contribution in [-0.4, -0.2) is 38.1 Å². The standard InChI is InChI=1S/C12H16BF3NO.K/c14-13(15,16)11-3-5-12(6-4-11)18-10-9-17-7-1-2-8-17;/h3-6H,1-2,7-10H2;/q-1;+1. The fourth-order valence-electron chi connectivity index (χ4n) is 2.08. The maximum atomic E-state index is 12.4. The molecule has 1 aliphatic rings. The Morgan fingerprint density at radius 1 is 1.05 bits per heavy atom. The van der Waals surface area contributed by atoms with Gasteiger partial charge in [-0.2, -0.15) is 0 Å². The molecule has 0 N–H and O–H groups in total. The first-order chi connectivity index (χ1) is 8.55. The van der Waals surface area contributed by atoms with Crippen LogP contribution in [0.3, 0.4) is 0 Å². The van der Waals surface area contributed by atoms with Crippen molar-refractivity contribution in [2.24, 2.45) is 0 Å². The van der Waals surface area contributed by atoms with E-state index in [0.29, 0.717) is 12.4 Å². The molecule has 0 atom stereocenters. The van der Waals surface area contributed by atoms with E-state index in [1.807, 2.05) is 0 Å². The molecule has 7 heteroatoms. The van der Waals surface area contributed by atoms with Gasteiger partial charge >= 0.3 is 58.4 Å². The number of benzene rings is 1. The third-order valence-corrected chi connectivity index (χ3v) is 3.13. The van der Waals surface area contributed by atoms with Crippen LogP contribution in [0.25, 0.3) is 0 Å². The molecule has 19 heavy (non-hydrogen) atoms. The van der Waals surface area contributed by atoms with Crippen molar-refractivity contribution < 1.29 is 69.1 Å². The first-order valence-electron chi connectivity index (χ1n) is 6.21. The van der Waals surface area contributed by atoms with E-state index in [-0.39, 0.29) is 51.4 Å². The molecule has 0 amide bonds. The molecule has 1 fully saturated rings. The molecule has 0 unspecified atom stereocenters. The smallest absolute Gasteiger partial charge is 0.492 e. The summed E-state index contributed by atoms with van der Waals surface area (Å²) in [4.78, 5) is 2.30. The second kappa shape index (κ2) is 8.05. The van der Waals surface area contributed by atoms with Crippen LogP contribution in [-0.2, 0) is 0 Å². The average Bonchev–Trinajstić information content (AvgIpc) is 2.82. The van der Waals surface area contributed by atoms with Gasteiger partial charge in [0.2, 0.25) is 0 Å². The molecule has 1 saturated heterocycles. The van der Waals surface area contributed by atoms with Crippen LogP contribution in [0.5, 0.6) is 5.75 Å². The van der Waals surface area contributed by atoms with Gasteiger partial charge in [-0.3, -0.25) is 4.90 Å². The summed E-state index contributed by atoms with van der Waals surface area (Å²) < 4.78 is 42.6. The maximum Gasteiger partial charge on any atom is 1.00 e. The summed E-state index contributed by atoms with van der Waals surface area (Å²) in [5.41, 5.74) is -0.582. The third kappa shape index (κ3) is 5.77. The molecule has 1 aliphatic heterocycles. The van der Waals surface area contributed by atoms with Gasteiger partial charge in [0.25, 0.3) is 0 Å². The summed E-state index contributed by atoms with van der Waals surface area (Å²) in [6.45, 7) is -1.35. The van der Waals surface area contributed by atoms with Gasteiger partial charge in [0.05, 0.1) is 0 Å². The van der Waals surface area contributed by atoms with Gasteiger partial charge in [-0.15, -0.1) is 5.46 Å². The molecule has 0 saturated carbocycles. The van der Waals surface area contributed by atoms with E-state index in [9.17, 15) is 12.9 Å². The fraction of sp³-hybridized carbons (Fsp3) is 0.500. The minimum atomic E-state index is -4.91. The van der Waals surface area contributed by atoms with Crippen LogP contribution in [0.1, 0.15) is 12.8 Å². The third-order valence-electron chi connectivity index (χ3n) is 3.13. The van der Waals surface area contributed by atoms with E-state index in [1.54, 1.807) is 0 Å². The summed E-state index contributed by atoms with van der Waals surface area (Å²) in [5.74, 6) is 0.498. The van der Waals surface area contributed by atoms with E-state index in [0.717, 1.165) is 31.8 Å². The van der Waals surface area contributed by atoms with Crippen molar-refractivity contribution in [3.05, 3.63) is 24.3 Å². The van der Waals surface area contributed by atoms with Gasteiger partial charge < -0.3 is 17.7 Å². The van der Waals surface area contributed by atoms with E-state index >= 15 is 0 Å². The molecule has 1 heterocycles. The predicted octanol–water partition coefficient (Wildman–Crippen LogP) is -0.780. The first-order valence-corrected chi connectivity index (χ1v) is 6.21. The molecule has 0 spiro atoms. The van der Waals surface area contributed by atoms with Crippen molar-refractivity contribution in [1.29, 1.82) is 0 Å². The van der Waals surface area contributed by atoms with E-state index in [4.69, 9.17) is 4.74 Å². The number of nitrogens with zero attached hydrogens (tertiary/aromatic N) is 1. The Balaban J connectivity index is 0.00000180. The van der Waals surface area contributed by atoms with Gasteiger partial charge in [-0.05, 0) is 38.1 Å². The molecular weight excluding hydrogens is 281 g/mol. The summed E-state index contributed by atoms with van der Waals surface area (Å²) in [5, 5.41) is 0. The van der Waals surface area contributed by atoms with Gasteiger partial charge in [-0.1, -0.05) is 12.1 Å². The van der Waals surface area contributed by atoms with Gasteiger partial charge in [0.15, 0.2) is 0 Å². The Kier molecular flexibility index (Phi) is 7.42. The Labute approximate surface area is 154 Å². The second-order valence-electron chi connectivity index (χ2n) is 4.54. The van der Waals surface area contributed by atoms with E-state index < -0.39 is 12.4 Å². The van der Waals surface area contributed by atoms with Crippen LogP contribution in [0.15, 0.2) is 24.3 Å². The monoisotopic (exact) mass is 297 g/mol. The molecule has 1 aromatic carbocycles. The SMILES string of the molecule is F[B-](F)(F)c1ccc(OCCN2CCCC2)cc1.[K+]. The number of rotatable bonds is 5. The van der Waals surface area contributed by atoms with Crippen molar-refractivity contribution in [3.8, 4) is 5.75 Å². The van der Waals surface area contributed by atoms with E-state index in [2.05, 4.69) is 4.90 Å². The zero-order chi connectivity index (χ0) is 13.0. The Morgan fingerprint density at radius 2 is 1.63 bits per heavy atom. The van der Waals surface area contributed by atoms with Crippen LogP contribution in [0.2, 0.25) is 0 Å². The maximum absolute atomic E-state index is 12.4. The van der Waals surface area contributed by atoms with E-state index in [1.165, 1.54) is 25.0 Å². The zero-order valence-electron chi connectivity index (χ0n) is 11.1. The largest absolute Gasteiger partial charge is 1.00 e. The minimum Gasteiger partial charge on any atom is -0.492 e. The summed E-state index contributed by atoms with van der Waals surface area (Å²) in [6, 6.07) is 4.92. The van der Waals surface area contributed by atoms with Crippen LogP contribution in [0.4, 0.5) is 12.9 Å². The Morgan fingerprint density at radius 3 is 2.16 bits per heavy atom. The molecule has 1 aromatic rings. The van der Waals surface area contributed by atoms with Crippen LogP contribution in [0, 0.1) is 0 Å².